The maximum atomic E-state index is 12.9. The Labute approximate surface area is 137 Å². The smallest absolute Gasteiger partial charge is 0.267 e. The molecule has 2 aromatic rings. The molecule has 23 heavy (non-hydrogen) atoms. The molecule has 0 N–H and O–H groups in total. The van der Waals surface area contributed by atoms with Crippen LogP contribution in [0.25, 0.3) is 0 Å². The van der Waals surface area contributed by atoms with Gasteiger partial charge in [0.25, 0.3) is 5.91 Å². The lowest BCUT2D eigenvalue weighted by atomic mass is 10.0. The second kappa shape index (κ2) is 6.45. The highest BCUT2D eigenvalue weighted by molar-refractivity contribution is 5.97. The molecule has 0 radical (unpaired) electrons. The third kappa shape index (κ3) is 3.09. The minimum absolute atomic E-state index is 0.0260. The molecule has 0 fully saturated rings. The number of carbonyl (C=O) groups excluding carboxylic acids is 1. The van der Waals surface area contributed by atoms with Gasteiger partial charge in [-0.1, -0.05) is 30.3 Å². The van der Waals surface area contributed by atoms with E-state index in [1.165, 1.54) is 11.1 Å². The molecule has 0 saturated heterocycles. The largest absolute Gasteiger partial charge is 0.481 e. The number of ether oxygens (including phenoxy) is 1. The first kappa shape index (κ1) is 15.6. The van der Waals surface area contributed by atoms with E-state index in [9.17, 15) is 4.79 Å². The van der Waals surface area contributed by atoms with Crippen molar-refractivity contribution in [1.82, 2.24) is 0 Å². The van der Waals surface area contributed by atoms with Crippen LogP contribution in [0, 0.1) is 13.8 Å². The van der Waals surface area contributed by atoms with Crippen molar-refractivity contribution < 1.29 is 9.53 Å². The third-order valence-electron chi connectivity index (χ3n) is 4.58. The number of rotatable bonds is 3. The molecule has 2 aromatic carbocycles. The van der Waals surface area contributed by atoms with E-state index in [2.05, 4.69) is 19.1 Å². The van der Waals surface area contributed by atoms with Crippen LogP contribution < -0.4 is 9.64 Å². The van der Waals surface area contributed by atoms with E-state index < -0.39 is 6.10 Å². The van der Waals surface area contributed by atoms with Crippen molar-refractivity contribution in [3.63, 3.8) is 0 Å². The maximum Gasteiger partial charge on any atom is 0.267 e. The first-order valence-corrected chi connectivity index (χ1v) is 8.20. The summed E-state index contributed by atoms with van der Waals surface area (Å²) in [5.41, 5.74) is 4.53. The van der Waals surface area contributed by atoms with Gasteiger partial charge in [-0.15, -0.1) is 0 Å². The molecule has 1 amide bonds. The molecule has 0 aliphatic carbocycles. The zero-order chi connectivity index (χ0) is 16.4. The zero-order valence-corrected chi connectivity index (χ0v) is 14.0. The van der Waals surface area contributed by atoms with Gasteiger partial charge in [-0.3, -0.25) is 4.79 Å². The van der Waals surface area contributed by atoms with Crippen molar-refractivity contribution >= 4 is 11.6 Å². The molecule has 120 valence electrons. The fourth-order valence-corrected chi connectivity index (χ4v) is 3.07. The van der Waals surface area contributed by atoms with E-state index in [0.717, 1.165) is 36.4 Å². The highest BCUT2D eigenvalue weighted by Crippen LogP contribution is 2.28. The van der Waals surface area contributed by atoms with Gasteiger partial charge in [-0.25, -0.2) is 0 Å². The number of fused-ring (bicyclic) bond motifs is 1. The summed E-state index contributed by atoms with van der Waals surface area (Å²) >= 11 is 0. The molecular weight excluding hydrogens is 286 g/mol. The van der Waals surface area contributed by atoms with Crippen LogP contribution in [0.5, 0.6) is 5.75 Å². The number of nitrogens with zero attached hydrogens (tertiary/aromatic N) is 1. The number of para-hydroxylation sites is 1. The van der Waals surface area contributed by atoms with Crippen LogP contribution in [0.2, 0.25) is 0 Å². The van der Waals surface area contributed by atoms with Gasteiger partial charge in [0.2, 0.25) is 0 Å². The molecule has 1 atom stereocenters. The topological polar surface area (TPSA) is 29.5 Å². The Morgan fingerprint density at radius 2 is 1.91 bits per heavy atom. The lowest BCUT2D eigenvalue weighted by Crippen LogP contribution is -2.43. The minimum Gasteiger partial charge on any atom is -0.481 e. The van der Waals surface area contributed by atoms with Gasteiger partial charge in [-0.05, 0) is 62.4 Å². The van der Waals surface area contributed by atoms with Gasteiger partial charge < -0.3 is 9.64 Å². The number of hydrogen-bond acceptors (Lipinski definition) is 2. The van der Waals surface area contributed by atoms with E-state index in [4.69, 9.17) is 4.74 Å². The SMILES string of the molecule is Cc1cccc(O[C@@H](C)C(=O)N2CCCc3ccccc32)c1C. The predicted octanol–water partition coefficient (Wildman–Crippen LogP) is 4.05. The van der Waals surface area contributed by atoms with Gasteiger partial charge in [-0.2, -0.15) is 0 Å². The Kier molecular flexibility index (Phi) is 4.37. The van der Waals surface area contributed by atoms with Crippen LogP contribution in [-0.4, -0.2) is 18.6 Å². The molecular formula is C20H23NO2. The number of hydrogen-bond donors (Lipinski definition) is 0. The molecule has 3 rings (SSSR count). The first-order chi connectivity index (χ1) is 11.1. The van der Waals surface area contributed by atoms with Gasteiger partial charge in [0, 0.05) is 12.2 Å². The third-order valence-corrected chi connectivity index (χ3v) is 4.58. The van der Waals surface area contributed by atoms with E-state index in [1.54, 1.807) is 0 Å². The van der Waals surface area contributed by atoms with Crippen molar-refractivity contribution in [3.8, 4) is 5.75 Å². The molecule has 0 saturated carbocycles. The Morgan fingerprint density at radius 3 is 2.74 bits per heavy atom. The van der Waals surface area contributed by atoms with Crippen LogP contribution in [0.1, 0.15) is 30.0 Å². The van der Waals surface area contributed by atoms with E-state index in [-0.39, 0.29) is 5.91 Å². The Bertz CT molecular complexity index is 723. The molecule has 0 spiro atoms. The monoisotopic (exact) mass is 309 g/mol. The molecule has 3 heteroatoms. The average Bonchev–Trinajstić information content (AvgIpc) is 2.57. The highest BCUT2D eigenvalue weighted by Gasteiger charge is 2.27. The summed E-state index contributed by atoms with van der Waals surface area (Å²) in [6.45, 7) is 6.67. The highest BCUT2D eigenvalue weighted by atomic mass is 16.5. The molecule has 0 aromatic heterocycles. The van der Waals surface area contributed by atoms with Crippen molar-refractivity contribution in [1.29, 1.82) is 0 Å². The van der Waals surface area contributed by atoms with Gasteiger partial charge in [0.05, 0.1) is 0 Å². The average molecular weight is 309 g/mol. The summed E-state index contributed by atoms with van der Waals surface area (Å²) in [6, 6.07) is 14.1. The van der Waals surface area contributed by atoms with Crippen LogP contribution >= 0.6 is 0 Å². The summed E-state index contributed by atoms with van der Waals surface area (Å²) in [4.78, 5) is 14.7. The Hall–Kier alpha value is -2.29. The van der Waals surface area contributed by atoms with Crippen LogP contribution in [0.3, 0.4) is 0 Å². The molecule has 3 nitrogen and oxygen atoms in total. The summed E-state index contributed by atoms with van der Waals surface area (Å²) in [7, 11) is 0. The second-order valence-corrected chi connectivity index (χ2v) is 6.18. The van der Waals surface area contributed by atoms with Gasteiger partial charge >= 0.3 is 0 Å². The normalized spacial score (nSPS) is 15.0. The maximum absolute atomic E-state index is 12.9. The van der Waals surface area contributed by atoms with Crippen molar-refractivity contribution in [2.45, 2.75) is 39.7 Å². The zero-order valence-electron chi connectivity index (χ0n) is 14.0. The van der Waals surface area contributed by atoms with Crippen molar-refractivity contribution in [2.75, 3.05) is 11.4 Å². The molecule has 1 aliphatic heterocycles. The number of amides is 1. The second-order valence-electron chi connectivity index (χ2n) is 6.18. The quantitative estimate of drug-likeness (QED) is 0.856. The number of anilines is 1. The van der Waals surface area contributed by atoms with Crippen LogP contribution in [-0.2, 0) is 11.2 Å². The van der Waals surface area contributed by atoms with Crippen LogP contribution in [0.4, 0.5) is 5.69 Å². The lowest BCUT2D eigenvalue weighted by molar-refractivity contribution is -0.124. The lowest BCUT2D eigenvalue weighted by Gasteiger charge is -2.31. The Morgan fingerprint density at radius 1 is 1.13 bits per heavy atom. The standard InChI is InChI=1S/C20H23NO2/c1-14-8-6-12-19(15(14)2)23-16(3)20(22)21-13-7-10-17-9-4-5-11-18(17)21/h4-6,8-9,11-12,16H,7,10,13H2,1-3H3/t16-/m0/s1. The predicted molar refractivity (Wildman–Crippen MR) is 93.1 cm³/mol. The fraction of sp³-hybridized carbons (Fsp3) is 0.350. The molecule has 1 aliphatic rings. The molecule has 0 unspecified atom stereocenters. The van der Waals surface area contributed by atoms with Crippen molar-refractivity contribution in [2.24, 2.45) is 0 Å². The summed E-state index contributed by atoms with van der Waals surface area (Å²) in [5.74, 6) is 0.814. The summed E-state index contributed by atoms with van der Waals surface area (Å²) < 4.78 is 5.96. The summed E-state index contributed by atoms with van der Waals surface area (Å²) in [6.07, 6.45) is 1.53. The first-order valence-electron chi connectivity index (χ1n) is 8.20. The molecule has 0 bridgehead atoms. The van der Waals surface area contributed by atoms with Gasteiger partial charge in [0.15, 0.2) is 6.10 Å². The number of benzene rings is 2. The summed E-state index contributed by atoms with van der Waals surface area (Å²) in [5, 5.41) is 0. The number of carbonyl (C=O) groups is 1. The van der Waals surface area contributed by atoms with E-state index >= 15 is 0 Å². The van der Waals surface area contributed by atoms with E-state index in [0.29, 0.717) is 0 Å². The van der Waals surface area contributed by atoms with Crippen molar-refractivity contribution in [3.05, 3.63) is 59.2 Å². The number of aryl methyl sites for hydroxylation is 2. The fourth-order valence-electron chi connectivity index (χ4n) is 3.07. The molecule has 1 heterocycles. The van der Waals surface area contributed by atoms with Crippen LogP contribution in [0.15, 0.2) is 42.5 Å². The van der Waals surface area contributed by atoms with E-state index in [1.807, 2.05) is 49.1 Å². The minimum atomic E-state index is -0.498. The Balaban J connectivity index is 1.80. The van der Waals surface area contributed by atoms with Gasteiger partial charge in [0.1, 0.15) is 5.75 Å².